The number of amidine groups is 1. The number of thiophene rings is 2. The van der Waals surface area contributed by atoms with Crippen LogP contribution in [0.15, 0.2) is 41.1 Å². The Labute approximate surface area is 125 Å². The number of ether oxygens (including phenoxy) is 1. The van der Waals surface area contributed by atoms with Gasteiger partial charge < -0.3 is 10.5 Å². The van der Waals surface area contributed by atoms with Gasteiger partial charge in [-0.2, -0.15) is 11.3 Å². The van der Waals surface area contributed by atoms with Crippen LogP contribution in [-0.2, 0) is 6.42 Å². The molecule has 0 aliphatic carbocycles. The fraction of sp³-hybridized carbons (Fsp3) is 0.133. The summed E-state index contributed by atoms with van der Waals surface area (Å²) in [5.41, 5.74) is 6.82. The van der Waals surface area contributed by atoms with E-state index in [0.717, 1.165) is 27.1 Å². The molecule has 0 radical (unpaired) electrons. The maximum atomic E-state index is 7.47. The second-order valence-corrected chi connectivity index (χ2v) is 6.32. The molecule has 3 nitrogen and oxygen atoms in total. The van der Waals surface area contributed by atoms with E-state index in [1.165, 1.54) is 16.9 Å². The Hall–Kier alpha value is -1.85. The minimum atomic E-state index is 0.117. The molecule has 0 atom stereocenters. The Morgan fingerprint density at radius 1 is 1.25 bits per heavy atom. The van der Waals surface area contributed by atoms with Gasteiger partial charge in [-0.25, -0.2) is 0 Å². The predicted octanol–water partition coefficient (Wildman–Crippen LogP) is 3.87. The van der Waals surface area contributed by atoms with Crippen molar-refractivity contribution < 1.29 is 4.74 Å². The van der Waals surface area contributed by atoms with Crippen molar-refractivity contribution in [1.29, 1.82) is 5.41 Å². The monoisotopic (exact) mass is 302 g/mol. The van der Waals surface area contributed by atoms with Crippen LogP contribution in [0.2, 0.25) is 0 Å². The zero-order valence-electron chi connectivity index (χ0n) is 10.8. The second-order valence-electron chi connectivity index (χ2n) is 4.45. The maximum Gasteiger partial charge on any atom is 0.133 e. The number of benzene rings is 1. The van der Waals surface area contributed by atoms with E-state index in [1.807, 2.05) is 24.3 Å². The van der Waals surface area contributed by atoms with Gasteiger partial charge in [0.05, 0.1) is 11.5 Å². The first-order valence-electron chi connectivity index (χ1n) is 6.24. The highest BCUT2D eigenvalue weighted by molar-refractivity contribution is 7.20. The lowest BCUT2D eigenvalue weighted by atomic mass is 10.2. The van der Waals surface area contributed by atoms with E-state index < -0.39 is 0 Å². The van der Waals surface area contributed by atoms with Crippen molar-refractivity contribution in [2.24, 2.45) is 5.73 Å². The number of nitrogens with two attached hydrogens (primary N) is 1. The van der Waals surface area contributed by atoms with Crippen LogP contribution in [-0.4, -0.2) is 12.4 Å². The maximum absolute atomic E-state index is 7.47. The molecule has 0 saturated carbocycles. The largest absolute Gasteiger partial charge is 0.493 e. The van der Waals surface area contributed by atoms with Crippen LogP contribution in [0.4, 0.5) is 0 Å². The molecule has 2 aromatic heterocycles. The van der Waals surface area contributed by atoms with E-state index in [1.54, 1.807) is 11.3 Å². The lowest BCUT2D eigenvalue weighted by Crippen LogP contribution is -2.08. The quantitative estimate of drug-likeness (QED) is 0.555. The number of hydrogen-bond donors (Lipinski definition) is 2. The second kappa shape index (κ2) is 5.64. The molecule has 0 bridgehead atoms. The highest BCUT2D eigenvalue weighted by Crippen LogP contribution is 2.29. The van der Waals surface area contributed by atoms with E-state index in [2.05, 4.69) is 16.8 Å². The summed E-state index contributed by atoms with van der Waals surface area (Å²) < 4.78 is 6.88. The molecule has 20 heavy (non-hydrogen) atoms. The van der Waals surface area contributed by atoms with Crippen LogP contribution < -0.4 is 10.5 Å². The zero-order valence-corrected chi connectivity index (χ0v) is 12.4. The molecule has 0 aliphatic rings. The summed E-state index contributed by atoms with van der Waals surface area (Å²) in [5, 5.41) is 12.8. The topological polar surface area (TPSA) is 59.1 Å². The summed E-state index contributed by atoms with van der Waals surface area (Å²) in [6, 6.07) is 10.1. The van der Waals surface area contributed by atoms with E-state index in [0.29, 0.717) is 6.61 Å². The summed E-state index contributed by atoms with van der Waals surface area (Å²) in [5.74, 6) is 0.982. The molecular formula is C15H14N2OS2. The third-order valence-electron chi connectivity index (χ3n) is 3.00. The van der Waals surface area contributed by atoms with E-state index in [4.69, 9.17) is 15.9 Å². The average molecular weight is 302 g/mol. The number of rotatable bonds is 5. The Balaban J connectivity index is 1.70. The highest BCUT2D eigenvalue weighted by atomic mass is 32.1. The summed E-state index contributed by atoms with van der Waals surface area (Å²) in [6.45, 7) is 0.674. The van der Waals surface area contributed by atoms with Crippen LogP contribution in [0.5, 0.6) is 5.75 Å². The number of nitrogens with one attached hydrogen (secondary N) is 1. The molecule has 3 rings (SSSR count). The molecule has 0 aliphatic heterocycles. The first-order chi connectivity index (χ1) is 9.72. The number of hydrogen-bond acceptors (Lipinski definition) is 4. The van der Waals surface area contributed by atoms with Gasteiger partial charge in [-0.15, -0.1) is 11.3 Å². The third kappa shape index (κ3) is 2.84. The molecule has 0 spiro atoms. The summed E-state index contributed by atoms with van der Waals surface area (Å²) in [7, 11) is 0. The zero-order chi connectivity index (χ0) is 13.9. The van der Waals surface area contributed by atoms with Crippen molar-refractivity contribution >= 4 is 38.6 Å². The van der Waals surface area contributed by atoms with Gasteiger partial charge in [-0.3, -0.25) is 5.41 Å². The van der Waals surface area contributed by atoms with Gasteiger partial charge in [0, 0.05) is 11.1 Å². The lowest BCUT2D eigenvalue weighted by molar-refractivity contribution is 0.322. The number of nitrogen functional groups attached to an aromatic ring is 1. The molecule has 2 heterocycles. The van der Waals surface area contributed by atoms with Gasteiger partial charge in [0.25, 0.3) is 0 Å². The molecule has 3 aromatic rings. The standard InChI is InChI=1S/C15H14N2OS2/c16-15(17)14-7-11-1-2-12(8-13(11)20-14)18-5-3-10-4-6-19-9-10/h1-2,4,6-9H,3,5H2,(H3,16,17). The van der Waals surface area contributed by atoms with Gasteiger partial charge in [0.1, 0.15) is 11.6 Å². The van der Waals surface area contributed by atoms with Crippen LogP contribution in [0.1, 0.15) is 10.4 Å². The van der Waals surface area contributed by atoms with E-state index in [-0.39, 0.29) is 5.84 Å². The van der Waals surface area contributed by atoms with Gasteiger partial charge in [0.2, 0.25) is 0 Å². The Morgan fingerprint density at radius 3 is 2.90 bits per heavy atom. The van der Waals surface area contributed by atoms with Gasteiger partial charge >= 0.3 is 0 Å². The highest BCUT2D eigenvalue weighted by Gasteiger charge is 2.05. The molecule has 0 amide bonds. The van der Waals surface area contributed by atoms with Crippen LogP contribution in [0.3, 0.4) is 0 Å². The van der Waals surface area contributed by atoms with Crippen molar-refractivity contribution in [3.05, 3.63) is 51.5 Å². The summed E-state index contributed by atoms with van der Waals surface area (Å²) in [4.78, 5) is 0.801. The van der Waals surface area contributed by atoms with Crippen LogP contribution >= 0.6 is 22.7 Å². The van der Waals surface area contributed by atoms with Crippen molar-refractivity contribution in [3.63, 3.8) is 0 Å². The van der Waals surface area contributed by atoms with Gasteiger partial charge in [-0.05, 0) is 52.0 Å². The molecule has 102 valence electrons. The molecule has 0 unspecified atom stereocenters. The van der Waals surface area contributed by atoms with Gasteiger partial charge in [-0.1, -0.05) is 0 Å². The van der Waals surface area contributed by atoms with Crippen LogP contribution in [0.25, 0.3) is 10.1 Å². The van der Waals surface area contributed by atoms with Crippen molar-refractivity contribution in [2.75, 3.05) is 6.61 Å². The summed E-state index contributed by atoms with van der Waals surface area (Å²) >= 11 is 3.23. The van der Waals surface area contributed by atoms with E-state index in [9.17, 15) is 0 Å². The summed E-state index contributed by atoms with van der Waals surface area (Å²) in [6.07, 6.45) is 0.921. The fourth-order valence-corrected chi connectivity index (χ4v) is 3.61. The first-order valence-corrected chi connectivity index (χ1v) is 8.00. The average Bonchev–Trinajstić information content (AvgIpc) is 3.06. The third-order valence-corrected chi connectivity index (χ3v) is 4.86. The number of fused-ring (bicyclic) bond motifs is 1. The Morgan fingerprint density at radius 2 is 2.15 bits per heavy atom. The van der Waals surface area contributed by atoms with Crippen molar-refractivity contribution in [2.45, 2.75) is 6.42 Å². The lowest BCUT2D eigenvalue weighted by Gasteiger charge is -2.05. The fourth-order valence-electron chi connectivity index (χ4n) is 1.96. The SMILES string of the molecule is N=C(N)c1cc2ccc(OCCc3ccsc3)cc2s1. The Kier molecular flexibility index (Phi) is 3.71. The molecule has 0 saturated heterocycles. The predicted molar refractivity (Wildman–Crippen MR) is 86.4 cm³/mol. The molecule has 5 heteroatoms. The minimum absolute atomic E-state index is 0.117. The Bertz CT molecular complexity index is 732. The smallest absolute Gasteiger partial charge is 0.133 e. The van der Waals surface area contributed by atoms with E-state index >= 15 is 0 Å². The van der Waals surface area contributed by atoms with Gasteiger partial charge in [0.15, 0.2) is 0 Å². The molecule has 3 N–H and O–H groups in total. The molecular weight excluding hydrogens is 288 g/mol. The van der Waals surface area contributed by atoms with Crippen molar-refractivity contribution in [1.82, 2.24) is 0 Å². The van der Waals surface area contributed by atoms with Crippen LogP contribution in [0, 0.1) is 5.41 Å². The minimum Gasteiger partial charge on any atom is -0.493 e. The first kappa shape index (κ1) is 13.1. The molecule has 0 fully saturated rings. The normalized spacial score (nSPS) is 10.8. The van der Waals surface area contributed by atoms with Crippen molar-refractivity contribution in [3.8, 4) is 5.75 Å². The molecule has 1 aromatic carbocycles.